The SMILES string of the molecule is CCNC(=NCCNC(=O)c1ccc(Cl)cc1)NC1CCc2nc(COC)nn2C1.I. The largest absolute Gasteiger partial charge is 0.377 e. The van der Waals surface area contributed by atoms with Crippen LogP contribution in [0.5, 0.6) is 0 Å². The number of aliphatic imine (C=N–C) groups is 1. The number of amides is 1. The minimum absolute atomic E-state index is 0. The molecular weight excluding hydrogens is 533 g/mol. The molecule has 3 N–H and O–H groups in total. The van der Waals surface area contributed by atoms with Crippen LogP contribution in [-0.2, 0) is 24.3 Å². The molecule has 170 valence electrons. The molecule has 0 spiro atoms. The predicted octanol–water partition coefficient (Wildman–Crippen LogP) is 2.00. The van der Waals surface area contributed by atoms with Gasteiger partial charge in [-0.2, -0.15) is 5.10 Å². The van der Waals surface area contributed by atoms with Gasteiger partial charge in [0.25, 0.3) is 5.91 Å². The lowest BCUT2D eigenvalue weighted by Crippen LogP contribution is -2.47. The zero-order chi connectivity index (χ0) is 21.3. The van der Waals surface area contributed by atoms with Crippen molar-refractivity contribution in [1.82, 2.24) is 30.7 Å². The first kappa shape index (κ1) is 25.3. The number of nitrogens with one attached hydrogen (secondary N) is 3. The van der Waals surface area contributed by atoms with Crippen molar-refractivity contribution in [3.8, 4) is 0 Å². The molecule has 0 saturated heterocycles. The number of fused-ring (bicyclic) bond motifs is 1. The van der Waals surface area contributed by atoms with Crippen molar-refractivity contribution in [2.75, 3.05) is 26.7 Å². The highest BCUT2D eigenvalue weighted by Crippen LogP contribution is 2.13. The second-order valence-electron chi connectivity index (χ2n) is 6.96. The van der Waals surface area contributed by atoms with Gasteiger partial charge in [-0.1, -0.05) is 11.6 Å². The van der Waals surface area contributed by atoms with E-state index in [1.165, 1.54) is 0 Å². The monoisotopic (exact) mass is 561 g/mol. The minimum Gasteiger partial charge on any atom is -0.377 e. The molecule has 1 amide bonds. The van der Waals surface area contributed by atoms with E-state index in [0.717, 1.165) is 37.7 Å². The Hall–Kier alpha value is -1.92. The van der Waals surface area contributed by atoms with E-state index < -0.39 is 0 Å². The number of nitrogens with zero attached hydrogens (tertiary/aromatic N) is 4. The van der Waals surface area contributed by atoms with Crippen LogP contribution in [0.15, 0.2) is 29.3 Å². The quantitative estimate of drug-likeness (QED) is 0.197. The highest BCUT2D eigenvalue weighted by Gasteiger charge is 2.22. The molecule has 1 aromatic carbocycles. The maximum atomic E-state index is 12.2. The second kappa shape index (κ2) is 12.8. The Morgan fingerprint density at radius 1 is 1.32 bits per heavy atom. The third-order valence-electron chi connectivity index (χ3n) is 4.63. The van der Waals surface area contributed by atoms with E-state index in [1.54, 1.807) is 31.4 Å². The van der Waals surface area contributed by atoms with E-state index in [9.17, 15) is 4.79 Å². The highest BCUT2D eigenvalue weighted by molar-refractivity contribution is 14.0. The van der Waals surface area contributed by atoms with Crippen LogP contribution in [0, 0.1) is 0 Å². The normalized spacial score (nSPS) is 15.6. The van der Waals surface area contributed by atoms with Gasteiger partial charge < -0.3 is 20.7 Å². The average Bonchev–Trinajstić information content (AvgIpc) is 3.13. The summed E-state index contributed by atoms with van der Waals surface area (Å²) in [6.45, 7) is 4.83. The average molecular weight is 562 g/mol. The Morgan fingerprint density at radius 3 is 2.81 bits per heavy atom. The number of ether oxygens (including phenoxy) is 1. The topological polar surface area (TPSA) is 105 Å². The van der Waals surface area contributed by atoms with Gasteiger partial charge in [0.15, 0.2) is 11.8 Å². The molecule has 1 unspecified atom stereocenters. The second-order valence-corrected chi connectivity index (χ2v) is 7.40. The fourth-order valence-electron chi connectivity index (χ4n) is 3.22. The van der Waals surface area contributed by atoms with E-state index in [-0.39, 0.29) is 35.9 Å². The third kappa shape index (κ3) is 7.62. The van der Waals surface area contributed by atoms with Crippen LogP contribution in [0.1, 0.15) is 35.4 Å². The van der Waals surface area contributed by atoms with E-state index in [1.807, 2.05) is 11.6 Å². The van der Waals surface area contributed by atoms with Gasteiger partial charge in [0.1, 0.15) is 12.4 Å². The molecule has 1 atom stereocenters. The number of carbonyl (C=O) groups excluding carboxylic acids is 1. The molecule has 0 radical (unpaired) electrons. The maximum Gasteiger partial charge on any atom is 0.251 e. The first-order chi connectivity index (χ1) is 14.6. The molecule has 0 saturated carbocycles. The summed E-state index contributed by atoms with van der Waals surface area (Å²) in [6.07, 6.45) is 1.80. The van der Waals surface area contributed by atoms with Gasteiger partial charge in [-0.05, 0) is 37.6 Å². The summed E-state index contributed by atoms with van der Waals surface area (Å²) in [5, 5.41) is 14.7. The number of halogens is 2. The highest BCUT2D eigenvalue weighted by atomic mass is 127. The molecule has 3 rings (SSSR count). The Labute approximate surface area is 204 Å². The third-order valence-corrected chi connectivity index (χ3v) is 4.89. The van der Waals surface area contributed by atoms with Gasteiger partial charge in [0.05, 0.1) is 13.1 Å². The summed E-state index contributed by atoms with van der Waals surface area (Å²) in [5.74, 6) is 2.29. The van der Waals surface area contributed by atoms with Gasteiger partial charge in [-0.3, -0.25) is 9.79 Å². The lowest BCUT2D eigenvalue weighted by Gasteiger charge is -2.25. The number of hydrogen-bond donors (Lipinski definition) is 3. The van der Waals surface area contributed by atoms with E-state index >= 15 is 0 Å². The lowest BCUT2D eigenvalue weighted by atomic mass is 10.1. The van der Waals surface area contributed by atoms with Crippen molar-refractivity contribution in [2.24, 2.45) is 4.99 Å². The van der Waals surface area contributed by atoms with Gasteiger partial charge in [0.2, 0.25) is 0 Å². The van der Waals surface area contributed by atoms with Crippen LogP contribution < -0.4 is 16.0 Å². The number of carbonyl (C=O) groups is 1. The Morgan fingerprint density at radius 2 is 2.10 bits per heavy atom. The van der Waals surface area contributed by atoms with Crippen LogP contribution in [0.2, 0.25) is 5.02 Å². The van der Waals surface area contributed by atoms with Crippen molar-refractivity contribution in [3.63, 3.8) is 0 Å². The van der Waals surface area contributed by atoms with Crippen LogP contribution in [0.4, 0.5) is 0 Å². The van der Waals surface area contributed by atoms with Crippen LogP contribution in [0.25, 0.3) is 0 Å². The van der Waals surface area contributed by atoms with Gasteiger partial charge in [-0.25, -0.2) is 9.67 Å². The van der Waals surface area contributed by atoms with Crippen molar-refractivity contribution in [2.45, 2.75) is 39.0 Å². The molecule has 2 heterocycles. The molecule has 9 nitrogen and oxygen atoms in total. The van der Waals surface area contributed by atoms with Crippen molar-refractivity contribution in [1.29, 1.82) is 0 Å². The summed E-state index contributed by atoms with van der Waals surface area (Å²) >= 11 is 5.85. The summed E-state index contributed by atoms with van der Waals surface area (Å²) in [7, 11) is 1.64. The lowest BCUT2D eigenvalue weighted by molar-refractivity contribution is 0.0955. The Balaban J connectivity index is 0.00000341. The molecule has 1 aliphatic rings. The van der Waals surface area contributed by atoms with E-state index in [2.05, 4.69) is 31.0 Å². The van der Waals surface area contributed by atoms with Gasteiger partial charge in [-0.15, -0.1) is 24.0 Å². The number of rotatable bonds is 8. The molecule has 0 aliphatic carbocycles. The standard InChI is InChI=1S/C20H28ClN7O2.HI/c1-3-22-20(24-11-10-23-19(29)14-4-6-15(21)7-5-14)25-16-8-9-18-26-17(13-30-2)27-28(18)12-16;/h4-7,16H,3,8-13H2,1-2H3,(H,23,29)(H2,22,24,25);1H. The summed E-state index contributed by atoms with van der Waals surface area (Å²) in [6, 6.07) is 7.00. The molecule has 2 aromatic rings. The number of hydrogen-bond acceptors (Lipinski definition) is 5. The first-order valence-electron chi connectivity index (χ1n) is 10.1. The summed E-state index contributed by atoms with van der Waals surface area (Å²) < 4.78 is 7.05. The molecule has 1 aliphatic heterocycles. The first-order valence-corrected chi connectivity index (χ1v) is 10.5. The fourth-order valence-corrected chi connectivity index (χ4v) is 3.35. The molecule has 1 aromatic heterocycles. The molecule has 0 fully saturated rings. The van der Waals surface area contributed by atoms with Crippen molar-refractivity contribution < 1.29 is 9.53 Å². The van der Waals surface area contributed by atoms with Crippen LogP contribution in [-0.4, -0.2) is 59.4 Å². The molecular formula is C20H29ClIN7O2. The van der Waals surface area contributed by atoms with E-state index in [4.69, 9.17) is 16.3 Å². The molecule has 0 bridgehead atoms. The Kier molecular flexibility index (Phi) is 10.5. The number of guanidine groups is 1. The number of aryl methyl sites for hydroxylation is 1. The number of methoxy groups -OCH3 is 1. The van der Waals surface area contributed by atoms with Crippen molar-refractivity contribution in [3.05, 3.63) is 46.5 Å². The van der Waals surface area contributed by atoms with Gasteiger partial charge in [0, 0.05) is 43.2 Å². The molecule has 31 heavy (non-hydrogen) atoms. The van der Waals surface area contributed by atoms with Crippen LogP contribution in [0.3, 0.4) is 0 Å². The minimum atomic E-state index is -0.141. The van der Waals surface area contributed by atoms with E-state index in [0.29, 0.717) is 36.1 Å². The zero-order valence-electron chi connectivity index (χ0n) is 17.7. The summed E-state index contributed by atoms with van der Waals surface area (Å²) in [5.41, 5.74) is 0.576. The van der Waals surface area contributed by atoms with Crippen LogP contribution >= 0.6 is 35.6 Å². The summed E-state index contributed by atoms with van der Waals surface area (Å²) in [4.78, 5) is 21.2. The predicted molar refractivity (Wildman–Crippen MR) is 131 cm³/mol. The Bertz CT molecular complexity index is 873. The maximum absolute atomic E-state index is 12.2. The molecule has 11 heteroatoms. The number of benzene rings is 1. The number of aromatic nitrogens is 3. The zero-order valence-corrected chi connectivity index (χ0v) is 20.8. The fraction of sp³-hybridized carbons (Fsp3) is 0.500. The van der Waals surface area contributed by atoms with Gasteiger partial charge >= 0.3 is 0 Å². The smallest absolute Gasteiger partial charge is 0.251 e. The van der Waals surface area contributed by atoms with Crippen molar-refractivity contribution >= 4 is 47.4 Å².